The molecule has 2 aromatic carbocycles. The summed E-state index contributed by atoms with van der Waals surface area (Å²) in [6.45, 7) is 1.84. The average molecular weight is 428 g/mol. The van der Waals surface area contributed by atoms with Gasteiger partial charge in [0.15, 0.2) is 0 Å². The molecule has 2 aromatic rings. The predicted molar refractivity (Wildman–Crippen MR) is 116 cm³/mol. The van der Waals surface area contributed by atoms with E-state index in [1.165, 1.54) is 6.08 Å². The molecule has 0 atom stereocenters. The van der Waals surface area contributed by atoms with Crippen LogP contribution in [0.4, 0.5) is 0 Å². The highest BCUT2D eigenvalue weighted by molar-refractivity contribution is 7.92. The Bertz CT molecular complexity index is 984. The number of carbonyl (C=O) groups excluding carboxylic acids is 2. The summed E-state index contributed by atoms with van der Waals surface area (Å²) in [4.78, 5) is 28.2. The Kier molecular flexibility index (Phi) is 7.37. The lowest BCUT2D eigenvalue weighted by atomic mass is 10.2. The van der Waals surface area contributed by atoms with Gasteiger partial charge in [0.2, 0.25) is 15.9 Å². The highest BCUT2D eigenvalue weighted by Crippen LogP contribution is 2.10. The van der Waals surface area contributed by atoms with E-state index in [4.69, 9.17) is 0 Å². The van der Waals surface area contributed by atoms with Crippen molar-refractivity contribution in [1.29, 1.82) is 0 Å². The Hall–Kier alpha value is -2.97. The lowest BCUT2D eigenvalue weighted by molar-refractivity contribution is -0.132. The second-order valence-electron chi connectivity index (χ2n) is 6.94. The molecule has 7 nitrogen and oxygen atoms in total. The van der Waals surface area contributed by atoms with Crippen LogP contribution < -0.4 is 4.72 Å². The standard InChI is InChI=1S/C22H25N3O4S/c26-21(11-13-23-30(28,29)18-12-19-7-3-1-4-8-19)24-14-16-25(17-15-24)22(27)20-9-5-2-6-10-20/h1-10,12,18,23H,11,13-17H2. The minimum absolute atomic E-state index is 0.0312. The molecule has 1 aliphatic heterocycles. The van der Waals surface area contributed by atoms with Crippen molar-refractivity contribution in [2.75, 3.05) is 32.7 Å². The summed E-state index contributed by atoms with van der Waals surface area (Å²) in [5.74, 6) is -0.169. The Morgan fingerprint density at radius 3 is 2.07 bits per heavy atom. The maximum atomic E-state index is 12.5. The average Bonchev–Trinajstić information content (AvgIpc) is 2.78. The molecular formula is C22H25N3O4S. The van der Waals surface area contributed by atoms with Crippen molar-refractivity contribution in [3.8, 4) is 0 Å². The molecule has 0 bridgehead atoms. The summed E-state index contributed by atoms with van der Waals surface area (Å²) in [6.07, 6.45) is 1.58. The van der Waals surface area contributed by atoms with Crippen molar-refractivity contribution in [3.63, 3.8) is 0 Å². The maximum Gasteiger partial charge on any atom is 0.253 e. The topological polar surface area (TPSA) is 86.8 Å². The van der Waals surface area contributed by atoms with Crippen LogP contribution in [-0.2, 0) is 14.8 Å². The number of nitrogens with one attached hydrogen (secondary N) is 1. The van der Waals surface area contributed by atoms with E-state index in [-0.39, 0.29) is 24.8 Å². The lowest BCUT2D eigenvalue weighted by Gasteiger charge is -2.35. The third kappa shape index (κ3) is 6.27. The van der Waals surface area contributed by atoms with Crippen LogP contribution in [0.2, 0.25) is 0 Å². The molecule has 1 fully saturated rings. The fraction of sp³-hybridized carbons (Fsp3) is 0.273. The number of nitrogens with zero attached hydrogens (tertiary/aromatic N) is 2. The molecule has 1 saturated heterocycles. The van der Waals surface area contributed by atoms with Crippen LogP contribution in [0.25, 0.3) is 6.08 Å². The number of rotatable bonds is 7. The minimum Gasteiger partial charge on any atom is -0.339 e. The fourth-order valence-electron chi connectivity index (χ4n) is 3.16. The zero-order valence-electron chi connectivity index (χ0n) is 16.6. The molecule has 2 amide bonds. The van der Waals surface area contributed by atoms with Crippen LogP contribution in [0.3, 0.4) is 0 Å². The van der Waals surface area contributed by atoms with Gasteiger partial charge in [-0.1, -0.05) is 48.5 Å². The van der Waals surface area contributed by atoms with Gasteiger partial charge in [-0.3, -0.25) is 9.59 Å². The van der Waals surface area contributed by atoms with Crippen LogP contribution in [0.5, 0.6) is 0 Å². The number of carbonyl (C=O) groups is 2. The van der Waals surface area contributed by atoms with Gasteiger partial charge in [0.05, 0.1) is 0 Å². The van der Waals surface area contributed by atoms with Crippen molar-refractivity contribution in [2.45, 2.75) is 6.42 Å². The summed E-state index contributed by atoms with van der Waals surface area (Å²) in [5, 5.41) is 1.10. The van der Waals surface area contributed by atoms with E-state index in [0.29, 0.717) is 31.7 Å². The summed E-state index contributed by atoms with van der Waals surface area (Å²) in [5.41, 5.74) is 1.41. The molecule has 1 aliphatic rings. The molecule has 8 heteroatoms. The van der Waals surface area contributed by atoms with Crippen LogP contribution in [0, 0.1) is 0 Å². The smallest absolute Gasteiger partial charge is 0.253 e. The van der Waals surface area contributed by atoms with Crippen molar-refractivity contribution in [3.05, 3.63) is 77.2 Å². The molecule has 0 spiro atoms. The monoisotopic (exact) mass is 427 g/mol. The zero-order chi connectivity index (χ0) is 21.4. The molecular weight excluding hydrogens is 402 g/mol. The maximum absolute atomic E-state index is 12.5. The molecule has 30 heavy (non-hydrogen) atoms. The summed E-state index contributed by atoms with van der Waals surface area (Å²) in [6, 6.07) is 18.2. The summed E-state index contributed by atoms with van der Waals surface area (Å²) < 4.78 is 26.5. The SMILES string of the molecule is O=C(CCNS(=O)(=O)C=Cc1ccccc1)N1CCN(C(=O)c2ccccc2)CC1. The molecule has 1 heterocycles. The Balaban J connectivity index is 1.41. The van der Waals surface area contributed by atoms with E-state index in [1.54, 1.807) is 34.1 Å². The van der Waals surface area contributed by atoms with E-state index in [0.717, 1.165) is 11.0 Å². The Morgan fingerprint density at radius 2 is 1.43 bits per heavy atom. The molecule has 3 rings (SSSR count). The van der Waals surface area contributed by atoms with Crippen molar-refractivity contribution < 1.29 is 18.0 Å². The molecule has 158 valence electrons. The first-order chi connectivity index (χ1) is 14.4. The van der Waals surface area contributed by atoms with E-state index < -0.39 is 10.0 Å². The number of hydrogen-bond acceptors (Lipinski definition) is 4. The van der Waals surface area contributed by atoms with Gasteiger partial charge in [0.1, 0.15) is 0 Å². The molecule has 0 aliphatic carbocycles. The van der Waals surface area contributed by atoms with E-state index in [2.05, 4.69) is 4.72 Å². The van der Waals surface area contributed by atoms with Gasteiger partial charge in [0, 0.05) is 50.1 Å². The van der Waals surface area contributed by atoms with E-state index in [1.807, 2.05) is 36.4 Å². The number of hydrogen-bond donors (Lipinski definition) is 1. The number of sulfonamides is 1. The van der Waals surface area contributed by atoms with Gasteiger partial charge in [-0.05, 0) is 23.8 Å². The normalized spacial score (nSPS) is 14.8. The van der Waals surface area contributed by atoms with Gasteiger partial charge in [0.25, 0.3) is 5.91 Å². The number of amides is 2. The second kappa shape index (κ2) is 10.2. The minimum atomic E-state index is -3.61. The van der Waals surface area contributed by atoms with Crippen molar-refractivity contribution >= 4 is 27.9 Å². The molecule has 0 aromatic heterocycles. The predicted octanol–water partition coefficient (Wildman–Crippen LogP) is 1.95. The largest absolute Gasteiger partial charge is 0.339 e. The summed E-state index contributed by atoms with van der Waals surface area (Å²) in [7, 11) is -3.61. The summed E-state index contributed by atoms with van der Waals surface area (Å²) >= 11 is 0. The number of piperazine rings is 1. The zero-order valence-corrected chi connectivity index (χ0v) is 17.4. The quantitative estimate of drug-likeness (QED) is 0.732. The van der Waals surface area contributed by atoms with Gasteiger partial charge < -0.3 is 9.80 Å². The van der Waals surface area contributed by atoms with Gasteiger partial charge in [-0.25, -0.2) is 13.1 Å². The Morgan fingerprint density at radius 1 is 0.867 bits per heavy atom. The first kappa shape index (κ1) is 21.7. The Labute approximate surface area is 177 Å². The number of benzene rings is 2. The lowest BCUT2D eigenvalue weighted by Crippen LogP contribution is -2.51. The third-order valence-electron chi connectivity index (χ3n) is 4.82. The van der Waals surface area contributed by atoms with Crippen molar-refractivity contribution in [1.82, 2.24) is 14.5 Å². The third-order valence-corrected chi connectivity index (χ3v) is 5.92. The van der Waals surface area contributed by atoms with Gasteiger partial charge >= 0.3 is 0 Å². The van der Waals surface area contributed by atoms with E-state index >= 15 is 0 Å². The molecule has 0 saturated carbocycles. The van der Waals surface area contributed by atoms with Gasteiger partial charge in [-0.15, -0.1) is 0 Å². The van der Waals surface area contributed by atoms with Crippen LogP contribution >= 0.6 is 0 Å². The second-order valence-corrected chi connectivity index (χ2v) is 8.59. The first-order valence-electron chi connectivity index (χ1n) is 9.79. The highest BCUT2D eigenvalue weighted by atomic mass is 32.2. The van der Waals surface area contributed by atoms with Gasteiger partial charge in [-0.2, -0.15) is 0 Å². The molecule has 0 radical (unpaired) electrons. The molecule has 0 unspecified atom stereocenters. The van der Waals surface area contributed by atoms with Crippen LogP contribution in [0.1, 0.15) is 22.3 Å². The van der Waals surface area contributed by atoms with Crippen LogP contribution in [-0.4, -0.2) is 62.8 Å². The highest BCUT2D eigenvalue weighted by Gasteiger charge is 2.24. The van der Waals surface area contributed by atoms with Crippen molar-refractivity contribution in [2.24, 2.45) is 0 Å². The van der Waals surface area contributed by atoms with E-state index in [9.17, 15) is 18.0 Å². The fourth-order valence-corrected chi connectivity index (χ4v) is 3.98. The first-order valence-corrected chi connectivity index (χ1v) is 11.3. The van der Waals surface area contributed by atoms with Crippen LogP contribution in [0.15, 0.2) is 66.1 Å². The molecule has 1 N–H and O–H groups in total.